The van der Waals surface area contributed by atoms with E-state index in [-0.39, 0.29) is 11.4 Å². The maximum atomic E-state index is 13.3. The Morgan fingerprint density at radius 1 is 0.933 bits per heavy atom. The Balaban J connectivity index is 1.79. The highest BCUT2D eigenvalue weighted by Gasteiger charge is 2.27. The average Bonchev–Trinajstić information content (AvgIpc) is 2.72. The van der Waals surface area contributed by atoms with E-state index in [2.05, 4.69) is 10.5 Å². The first-order valence-corrected chi connectivity index (χ1v) is 11.9. The Kier molecular flexibility index (Phi) is 7.63. The largest absolute Gasteiger partial charge is 0.271 e. The Bertz CT molecular complexity index is 961. The molecule has 30 heavy (non-hydrogen) atoms. The summed E-state index contributed by atoms with van der Waals surface area (Å²) in [5.41, 5.74) is 4.96. The smallest absolute Gasteiger partial charge is 0.264 e. The van der Waals surface area contributed by atoms with E-state index in [0.717, 1.165) is 41.3 Å². The van der Waals surface area contributed by atoms with Crippen molar-refractivity contribution in [1.29, 1.82) is 0 Å². The molecule has 0 spiro atoms. The molecule has 1 aliphatic rings. The topological polar surface area (TPSA) is 78.8 Å². The number of anilines is 1. The number of amides is 1. The Labute approximate surface area is 179 Å². The lowest BCUT2D eigenvalue weighted by Gasteiger charge is -2.23. The number of rotatable bonds is 6. The number of hydrazone groups is 1. The van der Waals surface area contributed by atoms with Gasteiger partial charge in [0.2, 0.25) is 0 Å². The molecule has 0 bridgehead atoms. The van der Waals surface area contributed by atoms with Crippen LogP contribution in [0.4, 0.5) is 5.69 Å². The normalized spacial score (nSPS) is 15.0. The zero-order valence-electron chi connectivity index (χ0n) is 17.4. The second-order valence-corrected chi connectivity index (χ2v) is 9.50. The minimum atomic E-state index is -3.90. The first-order valence-electron chi connectivity index (χ1n) is 10.5. The van der Waals surface area contributed by atoms with Gasteiger partial charge in [0, 0.05) is 5.71 Å². The number of carbonyl (C=O) groups is 1. The van der Waals surface area contributed by atoms with Crippen molar-refractivity contribution in [3.05, 3.63) is 60.2 Å². The zero-order chi connectivity index (χ0) is 21.4. The van der Waals surface area contributed by atoms with Crippen LogP contribution in [-0.2, 0) is 14.8 Å². The van der Waals surface area contributed by atoms with Crippen LogP contribution in [-0.4, -0.2) is 26.6 Å². The lowest BCUT2D eigenvalue weighted by atomic mass is 9.99. The third-order valence-electron chi connectivity index (χ3n) is 5.21. The fraction of sp³-hybridized carbons (Fsp3) is 0.391. The van der Waals surface area contributed by atoms with Gasteiger partial charge in [-0.05, 0) is 56.9 Å². The molecule has 6 nitrogen and oxygen atoms in total. The molecule has 0 heterocycles. The number of nitrogens with zero attached hydrogens (tertiary/aromatic N) is 2. The number of hydrogen-bond acceptors (Lipinski definition) is 4. The van der Waals surface area contributed by atoms with E-state index in [1.807, 2.05) is 6.92 Å². The molecule has 0 radical (unpaired) electrons. The van der Waals surface area contributed by atoms with Crippen LogP contribution in [0.1, 0.15) is 50.5 Å². The van der Waals surface area contributed by atoms with Crippen LogP contribution >= 0.6 is 0 Å². The predicted molar refractivity (Wildman–Crippen MR) is 120 cm³/mol. The highest BCUT2D eigenvalue weighted by atomic mass is 32.2. The van der Waals surface area contributed by atoms with Gasteiger partial charge in [-0.25, -0.2) is 13.8 Å². The van der Waals surface area contributed by atoms with Gasteiger partial charge in [-0.1, -0.05) is 55.2 Å². The molecule has 1 amide bonds. The number of nitrogens with one attached hydrogen (secondary N) is 1. The number of hydrogen-bond donors (Lipinski definition) is 1. The van der Waals surface area contributed by atoms with Crippen molar-refractivity contribution in [2.75, 3.05) is 10.8 Å². The fourth-order valence-electron chi connectivity index (χ4n) is 3.48. The van der Waals surface area contributed by atoms with Gasteiger partial charge in [-0.2, -0.15) is 5.10 Å². The van der Waals surface area contributed by atoms with Crippen LogP contribution in [0, 0.1) is 6.92 Å². The van der Waals surface area contributed by atoms with Crippen LogP contribution in [0.2, 0.25) is 0 Å². The molecule has 2 aromatic rings. The summed E-state index contributed by atoms with van der Waals surface area (Å²) >= 11 is 0. The Morgan fingerprint density at radius 3 is 2.17 bits per heavy atom. The highest BCUT2D eigenvalue weighted by molar-refractivity contribution is 7.92. The lowest BCUT2D eigenvalue weighted by molar-refractivity contribution is -0.119. The monoisotopic (exact) mass is 427 g/mol. The van der Waals surface area contributed by atoms with Crippen LogP contribution in [0.15, 0.2) is 64.6 Å². The van der Waals surface area contributed by atoms with E-state index in [0.29, 0.717) is 5.69 Å². The molecule has 0 unspecified atom stereocenters. The summed E-state index contributed by atoms with van der Waals surface area (Å²) in [6.07, 6.45) is 7.53. The lowest BCUT2D eigenvalue weighted by Crippen LogP contribution is -2.39. The van der Waals surface area contributed by atoms with Gasteiger partial charge in [0.25, 0.3) is 15.9 Å². The van der Waals surface area contributed by atoms with Crippen molar-refractivity contribution in [2.24, 2.45) is 5.10 Å². The fourth-order valence-corrected chi connectivity index (χ4v) is 4.90. The maximum absolute atomic E-state index is 13.3. The molecule has 1 fully saturated rings. The molecule has 160 valence electrons. The van der Waals surface area contributed by atoms with Gasteiger partial charge in [0.05, 0.1) is 10.6 Å². The highest BCUT2D eigenvalue weighted by Crippen LogP contribution is 2.23. The second kappa shape index (κ2) is 10.4. The van der Waals surface area contributed by atoms with Crippen LogP contribution in [0.25, 0.3) is 0 Å². The first-order chi connectivity index (χ1) is 14.5. The molecule has 2 aromatic carbocycles. The van der Waals surface area contributed by atoms with Crippen molar-refractivity contribution in [3.8, 4) is 0 Å². The molecular weight excluding hydrogens is 398 g/mol. The van der Waals surface area contributed by atoms with Gasteiger partial charge < -0.3 is 0 Å². The van der Waals surface area contributed by atoms with Gasteiger partial charge in [-0.15, -0.1) is 0 Å². The quantitative estimate of drug-likeness (QED) is 0.694. The molecule has 0 aliphatic heterocycles. The van der Waals surface area contributed by atoms with Crippen molar-refractivity contribution < 1.29 is 13.2 Å². The molecule has 0 atom stereocenters. The summed E-state index contributed by atoms with van der Waals surface area (Å²) in [5.74, 6) is -0.455. The zero-order valence-corrected chi connectivity index (χ0v) is 18.2. The summed E-state index contributed by atoms with van der Waals surface area (Å²) in [4.78, 5) is 12.8. The van der Waals surface area contributed by atoms with Gasteiger partial charge in [0.15, 0.2) is 0 Å². The molecule has 1 saturated carbocycles. The van der Waals surface area contributed by atoms with Crippen molar-refractivity contribution in [3.63, 3.8) is 0 Å². The first kappa shape index (κ1) is 22.0. The van der Waals surface area contributed by atoms with Crippen LogP contribution in [0.3, 0.4) is 0 Å². The molecule has 3 rings (SSSR count). The Hall–Kier alpha value is -2.67. The van der Waals surface area contributed by atoms with Crippen molar-refractivity contribution in [1.82, 2.24) is 5.43 Å². The van der Waals surface area contributed by atoms with Gasteiger partial charge >= 0.3 is 0 Å². The molecule has 1 aliphatic carbocycles. The molecular formula is C23H29N3O3S. The third-order valence-corrected chi connectivity index (χ3v) is 7.00. The van der Waals surface area contributed by atoms with E-state index in [4.69, 9.17) is 0 Å². The number of benzene rings is 2. The van der Waals surface area contributed by atoms with E-state index in [1.165, 1.54) is 19.3 Å². The predicted octanol–water partition coefficient (Wildman–Crippen LogP) is 4.41. The minimum Gasteiger partial charge on any atom is -0.271 e. The molecule has 0 saturated heterocycles. The SMILES string of the molecule is Cc1ccc(S(=O)(=O)N(CC(=O)NN=C2CCCCCCC2)c2ccccc2)cc1. The van der Waals surface area contributed by atoms with E-state index >= 15 is 0 Å². The van der Waals surface area contributed by atoms with Crippen molar-refractivity contribution in [2.45, 2.75) is 56.8 Å². The summed E-state index contributed by atoms with van der Waals surface area (Å²) in [6.45, 7) is 1.56. The van der Waals surface area contributed by atoms with E-state index in [1.54, 1.807) is 54.6 Å². The summed E-state index contributed by atoms with van der Waals surface area (Å²) < 4.78 is 27.7. The number of sulfonamides is 1. The van der Waals surface area contributed by atoms with Crippen molar-refractivity contribution >= 4 is 27.3 Å². The van der Waals surface area contributed by atoms with E-state index < -0.39 is 15.9 Å². The van der Waals surface area contributed by atoms with Crippen LogP contribution < -0.4 is 9.73 Å². The Morgan fingerprint density at radius 2 is 1.53 bits per heavy atom. The minimum absolute atomic E-state index is 0.149. The van der Waals surface area contributed by atoms with Gasteiger partial charge in [0.1, 0.15) is 6.54 Å². The summed E-state index contributed by atoms with van der Waals surface area (Å²) in [5, 5.41) is 4.29. The molecule has 0 aromatic heterocycles. The number of carbonyl (C=O) groups excluding carboxylic acids is 1. The number of para-hydroxylation sites is 1. The average molecular weight is 428 g/mol. The second-order valence-electron chi connectivity index (χ2n) is 7.64. The number of aryl methyl sites for hydroxylation is 1. The third kappa shape index (κ3) is 5.92. The molecule has 1 N–H and O–H groups in total. The summed E-state index contributed by atoms with van der Waals surface area (Å²) in [7, 11) is -3.90. The molecule has 7 heteroatoms. The van der Waals surface area contributed by atoms with Gasteiger partial charge in [-0.3, -0.25) is 9.10 Å². The van der Waals surface area contributed by atoms with E-state index in [9.17, 15) is 13.2 Å². The standard InChI is InChI=1S/C23H29N3O3S/c1-19-14-16-22(17-15-19)30(28,29)26(21-12-8-5-9-13-21)18-23(27)25-24-20-10-6-3-2-4-7-11-20/h5,8-9,12-17H,2-4,6-7,10-11,18H2,1H3,(H,25,27). The van der Waals surface area contributed by atoms with Crippen LogP contribution in [0.5, 0.6) is 0 Å². The summed E-state index contributed by atoms with van der Waals surface area (Å²) in [6, 6.07) is 15.3. The maximum Gasteiger partial charge on any atom is 0.264 e.